The Balaban J connectivity index is 2.24. The topological polar surface area (TPSA) is 47.0 Å². The van der Waals surface area contributed by atoms with Crippen molar-refractivity contribution in [3.63, 3.8) is 0 Å². The highest BCUT2D eigenvalue weighted by Gasteiger charge is 2.14. The number of rotatable bonds is 3. The molecule has 2 heterocycles. The third kappa shape index (κ3) is 2.77. The lowest BCUT2D eigenvalue weighted by Crippen LogP contribution is -1.99. The van der Waals surface area contributed by atoms with Gasteiger partial charge in [-0.05, 0) is 56.1 Å². The number of benzene rings is 1. The number of ether oxygens (including phenoxy) is 1. The van der Waals surface area contributed by atoms with E-state index in [1.54, 1.807) is 18.4 Å². The average molecular weight is 429 g/mol. The summed E-state index contributed by atoms with van der Waals surface area (Å²) in [6, 6.07) is 7.79. The van der Waals surface area contributed by atoms with Gasteiger partial charge in [0.15, 0.2) is 5.82 Å². The highest BCUT2D eigenvalue weighted by atomic mass is 79.9. The van der Waals surface area contributed by atoms with E-state index in [9.17, 15) is 0 Å². The maximum absolute atomic E-state index is 5.26. The molecule has 4 nitrogen and oxygen atoms in total. The number of fused-ring (bicyclic) bond motifs is 1. The molecular formula is C14H11Br2N3OS. The quantitative estimate of drug-likeness (QED) is 0.642. The molecule has 3 rings (SSSR count). The van der Waals surface area contributed by atoms with Gasteiger partial charge in [-0.1, -0.05) is 0 Å². The number of anilines is 1. The smallest absolute Gasteiger partial charge is 0.164 e. The van der Waals surface area contributed by atoms with Gasteiger partial charge in [-0.15, -0.1) is 11.3 Å². The van der Waals surface area contributed by atoms with Crippen molar-refractivity contribution in [2.75, 3.05) is 19.5 Å². The van der Waals surface area contributed by atoms with Crippen molar-refractivity contribution in [1.82, 2.24) is 9.97 Å². The zero-order valence-electron chi connectivity index (χ0n) is 11.3. The van der Waals surface area contributed by atoms with E-state index in [0.29, 0.717) is 5.82 Å². The highest BCUT2D eigenvalue weighted by Crippen LogP contribution is 2.38. The summed E-state index contributed by atoms with van der Waals surface area (Å²) >= 11 is 8.64. The van der Waals surface area contributed by atoms with Gasteiger partial charge in [-0.2, -0.15) is 0 Å². The van der Waals surface area contributed by atoms with E-state index in [2.05, 4.69) is 47.1 Å². The molecule has 0 aliphatic rings. The minimum atomic E-state index is 0.686. The molecule has 108 valence electrons. The Kier molecular flexibility index (Phi) is 4.14. The third-order valence-electron chi connectivity index (χ3n) is 3.04. The van der Waals surface area contributed by atoms with E-state index < -0.39 is 0 Å². The Labute approximate surface area is 142 Å². The van der Waals surface area contributed by atoms with Crippen LogP contribution in [0.15, 0.2) is 31.8 Å². The molecule has 0 saturated heterocycles. The molecule has 0 bridgehead atoms. The highest BCUT2D eigenvalue weighted by molar-refractivity contribution is 9.12. The molecule has 0 saturated carbocycles. The second-order valence-corrected chi connectivity index (χ2v) is 8.02. The summed E-state index contributed by atoms with van der Waals surface area (Å²) in [6.45, 7) is 0. The zero-order chi connectivity index (χ0) is 15.0. The van der Waals surface area contributed by atoms with E-state index in [0.717, 1.165) is 35.6 Å². The van der Waals surface area contributed by atoms with Crippen molar-refractivity contribution in [3.05, 3.63) is 31.8 Å². The Bertz CT molecular complexity index is 819. The first-order chi connectivity index (χ1) is 10.1. The molecule has 0 atom stereocenters. The fourth-order valence-electron chi connectivity index (χ4n) is 2.04. The van der Waals surface area contributed by atoms with Crippen LogP contribution in [0.1, 0.15) is 0 Å². The van der Waals surface area contributed by atoms with E-state index in [-0.39, 0.29) is 0 Å². The van der Waals surface area contributed by atoms with Crippen LogP contribution in [0.2, 0.25) is 0 Å². The largest absolute Gasteiger partial charge is 0.497 e. The molecule has 2 aromatic heterocycles. The van der Waals surface area contributed by atoms with Crippen LogP contribution in [0.3, 0.4) is 0 Å². The van der Waals surface area contributed by atoms with Gasteiger partial charge in [0.25, 0.3) is 0 Å². The number of hydrogen-bond acceptors (Lipinski definition) is 5. The van der Waals surface area contributed by atoms with Crippen LogP contribution in [-0.2, 0) is 0 Å². The number of nitrogens with one attached hydrogen (secondary N) is 1. The lowest BCUT2D eigenvalue weighted by Gasteiger charge is -2.09. The van der Waals surface area contributed by atoms with Gasteiger partial charge in [-0.25, -0.2) is 9.97 Å². The van der Waals surface area contributed by atoms with Gasteiger partial charge >= 0.3 is 0 Å². The molecule has 7 heteroatoms. The summed E-state index contributed by atoms with van der Waals surface area (Å²) in [5.74, 6) is 2.25. The van der Waals surface area contributed by atoms with Crippen LogP contribution in [0, 0.1) is 0 Å². The first-order valence-electron chi connectivity index (χ1n) is 6.11. The lowest BCUT2D eigenvalue weighted by molar-refractivity contribution is 0.415. The van der Waals surface area contributed by atoms with E-state index >= 15 is 0 Å². The number of hydrogen-bond donors (Lipinski definition) is 1. The fraction of sp³-hybridized carbons (Fsp3) is 0.143. The first-order valence-corrected chi connectivity index (χ1v) is 8.51. The standard InChI is InChI=1S/C14H11Br2N3OS/c1-17-13-8-5-7(20-2)3-4-10(8)18-14(19-13)9-6-11(15)21-12(9)16/h3-6H,1-2H3,(H,17,18,19). The Morgan fingerprint density at radius 3 is 2.62 bits per heavy atom. The number of thiophene rings is 1. The van der Waals surface area contributed by atoms with Gasteiger partial charge in [0.1, 0.15) is 11.6 Å². The van der Waals surface area contributed by atoms with Crippen LogP contribution < -0.4 is 10.1 Å². The number of methoxy groups -OCH3 is 1. The fourth-order valence-corrected chi connectivity index (χ4v) is 4.83. The third-order valence-corrected chi connectivity index (χ3v) is 5.38. The van der Waals surface area contributed by atoms with Gasteiger partial charge in [0, 0.05) is 18.0 Å². The molecule has 0 amide bonds. The molecule has 0 fully saturated rings. The van der Waals surface area contributed by atoms with Crippen LogP contribution in [-0.4, -0.2) is 24.1 Å². The molecule has 0 aliphatic heterocycles. The first kappa shape index (κ1) is 14.7. The monoisotopic (exact) mass is 427 g/mol. The van der Waals surface area contributed by atoms with Crippen molar-refractivity contribution < 1.29 is 4.74 Å². The molecule has 0 aliphatic carbocycles. The summed E-state index contributed by atoms with van der Waals surface area (Å²) in [5.41, 5.74) is 1.85. The van der Waals surface area contributed by atoms with Gasteiger partial charge in [0.05, 0.1) is 20.2 Å². The number of nitrogens with zero attached hydrogens (tertiary/aromatic N) is 2. The SMILES string of the molecule is CNc1nc(-c2cc(Br)sc2Br)nc2ccc(OC)cc12. The van der Waals surface area contributed by atoms with Crippen molar-refractivity contribution >= 4 is 59.9 Å². The average Bonchev–Trinajstić information content (AvgIpc) is 2.84. The Morgan fingerprint density at radius 1 is 1.19 bits per heavy atom. The second-order valence-electron chi connectivity index (χ2n) is 4.27. The minimum absolute atomic E-state index is 0.686. The number of aromatic nitrogens is 2. The summed E-state index contributed by atoms with van der Waals surface area (Å²) in [7, 11) is 3.50. The molecule has 0 radical (unpaired) electrons. The van der Waals surface area contributed by atoms with Crippen molar-refractivity contribution in [2.45, 2.75) is 0 Å². The minimum Gasteiger partial charge on any atom is -0.497 e. The van der Waals surface area contributed by atoms with Gasteiger partial charge in [-0.3, -0.25) is 0 Å². The molecular weight excluding hydrogens is 418 g/mol. The van der Waals surface area contributed by atoms with Gasteiger partial charge < -0.3 is 10.1 Å². The van der Waals surface area contributed by atoms with Crippen molar-refractivity contribution in [1.29, 1.82) is 0 Å². The molecule has 21 heavy (non-hydrogen) atoms. The second kappa shape index (κ2) is 5.90. The molecule has 0 unspecified atom stereocenters. The van der Waals surface area contributed by atoms with E-state index in [4.69, 9.17) is 4.74 Å². The predicted octanol–water partition coefficient (Wildman–Crippen LogP) is 4.93. The molecule has 3 aromatic rings. The van der Waals surface area contributed by atoms with E-state index in [1.165, 1.54) is 0 Å². The van der Waals surface area contributed by atoms with Crippen LogP contribution in [0.4, 0.5) is 5.82 Å². The van der Waals surface area contributed by atoms with Crippen molar-refractivity contribution in [3.8, 4) is 17.1 Å². The summed E-state index contributed by atoms with van der Waals surface area (Å²) in [5, 5.41) is 4.06. The lowest BCUT2D eigenvalue weighted by atomic mass is 10.2. The van der Waals surface area contributed by atoms with Gasteiger partial charge in [0.2, 0.25) is 0 Å². The zero-order valence-corrected chi connectivity index (χ0v) is 15.3. The van der Waals surface area contributed by atoms with Crippen LogP contribution >= 0.6 is 43.2 Å². The van der Waals surface area contributed by atoms with Crippen molar-refractivity contribution in [2.24, 2.45) is 0 Å². The molecule has 1 aromatic carbocycles. The summed E-state index contributed by atoms with van der Waals surface area (Å²) in [4.78, 5) is 9.27. The summed E-state index contributed by atoms with van der Waals surface area (Å²) in [6.07, 6.45) is 0. The van der Waals surface area contributed by atoms with E-state index in [1.807, 2.05) is 31.3 Å². The molecule has 1 N–H and O–H groups in total. The normalized spacial score (nSPS) is 10.9. The maximum atomic E-state index is 5.26. The Hall–Kier alpha value is -1.18. The van der Waals surface area contributed by atoms with Crippen LogP contribution in [0.5, 0.6) is 5.75 Å². The molecule has 0 spiro atoms. The predicted molar refractivity (Wildman–Crippen MR) is 94.3 cm³/mol. The Morgan fingerprint density at radius 2 is 2.00 bits per heavy atom. The summed E-state index contributed by atoms with van der Waals surface area (Å²) < 4.78 is 7.30. The number of halogens is 2. The maximum Gasteiger partial charge on any atom is 0.164 e. The van der Waals surface area contributed by atoms with Crippen LogP contribution in [0.25, 0.3) is 22.3 Å².